The van der Waals surface area contributed by atoms with E-state index in [-0.39, 0.29) is 10.7 Å². The van der Waals surface area contributed by atoms with Crippen molar-refractivity contribution < 1.29 is 12.8 Å². The number of hydrogen-bond acceptors (Lipinski definition) is 4. The van der Waals surface area contributed by atoms with Crippen LogP contribution in [0, 0.1) is 5.82 Å². The quantitative estimate of drug-likeness (QED) is 0.351. The molecule has 1 heterocycles. The molecule has 0 spiro atoms. The number of halogens is 1. The van der Waals surface area contributed by atoms with Crippen LogP contribution in [0.25, 0.3) is 22.5 Å². The first-order chi connectivity index (χ1) is 14.3. The highest BCUT2D eigenvalue weighted by Gasteiger charge is 2.18. The van der Waals surface area contributed by atoms with E-state index in [0.29, 0.717) is 22.1 Å². The molecule has 0 saturated carbocycles. The molecule has 4 rings (SSSR count). The summed E-state index contributed by atoms with van der Waals surface area (Å²) in [5.41, 5.74) is 3.60. The number of aromatic nitrogens is 2. The van der Waals surface area contributed by atoms with Crippen molar-refractivity contribution in [1.82, 2.24) is 9.97 Å². The fourth-order valence-corrected chi connectivity index (χ4v) is 3.96. The number of benzene rings is 3. The Morgan fingerprint density at radius 1 is 0.900 bits per heavy atom. The molecule has 0 fully saturated rings. The van der Waals surface area contributed by atoms with Crippen molar-refractivity contribution in [2.75, 3.05) is 6.26 Å². The second-order valence-electron chi connectivity index (χ2n) is 6.81. The zero-order valence-corrected chi connectivity index (χ0v) is 17.6. The normalized spacial score (nSPS) is 11.4. The van der Waals surface area contributed by atoms with Crippen LogP contribution >= 0.6 is 12.2 Å². The Bertz CT molecular complexity index is 1310. The van der Waals surface area contributed by atoms with Gasteiger partial charge >= 0.3 is 0 Å². The number of thiocarbonyl (C=S) groups is 1. The van der Waals surface area contributed by atoms with Gasteiger partial charge in [0.15, 0.2) is 9.84 Å². The van der Waals surface area contributed by atoms with Gasteiger partial charge in [0.2, 0.25) is 0 Å². The summed E-state index contributed by atoms with van der Waals surface area (Å²) >= 11 is 5.62. The molecule has 0 aliphatic heterocycles. The minimum atomic E-state index is -3.30. The predicted octanol–water partition coefficient (Wildman–Crippen LogP) is 5.05. The number of aromatic amines is 1. The third-order valence-electron chi connectivity index (χ3n) is 4.64. The van der Waals surface area contributed by atoms with Crippen LogP contribution < -0.4 is 0 Å². The Kier molecular flexibility index (Phi) is 5.32. The lowest BCUT2D eigenvalue weighted by molar-refractivity contribution is 0.602. The van der Waals surface area contributed by atoms with Crippen LogP contribution in [0.4, 0.5) is 4.39 Å². The maximum atomic E-state index is 13.4. The van der Waals surface area contributed by atoms with Gasteiger partial charge in [0, 0.05) is 17.4 Å². The smallest absolute Gasteiger partial charge is 0.175 e. The van der Waals surface area contributed by atoms with Crippen molar-refractivity contribution in [2.45, 2.75) is 4.90 Å². The molecule has 0 radical (unpaired) electrons. The summed E-state index contributed by atoms with van der Waals surface area (Å²) < 4.78 is 37.0. The third-order valence-corrected chi connectivity index (χ3v) is 6.20. The largest absolute Gasteiger partial charge is 0.337 e. The van der Waals surface area contributed by atoms with Gasteiger partial charge in [-0.05, 0) is 42.0 Å². The second kappa shape index (κ2) is 7.93. The van der Waals surface area contributed by atoms with Crippen molar-refractivity contribution >= 4 is 26.9 Å². The third kappa shape index (κ3) is 4.08. The van der Waals surface area contributed by atoms with Crippen LogP contribution in [0.5, 0.6) is 0 Å². The minimum absolute atomic E-state index is 0.227. The Labute approximate surface area is 179 Å². The number of nitrogens with one attached hydrogen (secondary N) is 1. The number of hydrogen-bond donors (Lipinski definition) is 1. The molecule has 0 aliphatic carbocycles. The molecule has 0 amide bonds. The first-order valence-electron chi connectivity index (χ1n) is 9.09. The standard InChI is InChI=1S/C23H17FN2O2S2/c1-30(27,28)19-13-9-16(10-14-19)21-20(15-7-11-18(24)12-8-15)25-23(26-21)22(29)17-5-3-2-4-6-17/h2-14H,1H3,(H,25,26). The summed E-state index contributed by atoms with van der Waals surface area (Å²) in [6.45, 7) is 0. The summed E-state index contributed by atoms with van der Waals surface area (Å²) in [5.74, 6) is 0.176. The van der Waals surface area contributed by atoms with E-state index in [9.17, 15) is 12.8 Å². The SMILES string of the molecule is CS(=O)(=O)c1ccc(-c2nc(C(=S)c3ccccc3)[nH]c2-c2ccc(F)cc2)cc1. The lowest BCUT2D eigenvalue weighted by atomic mass is 10.1. The van der Waals surface area contributed by atoms with Crippen molar-refractivity contribution in [3.05, 3.63) is 96.1 Å². The van der Waals surface area contributed by atoms with Gasteiger partial charge in [-0.15, -0.1) is 0 Å². The average Bonchev–Trinajstić information content (AvgIpc) is 3.19. The average molecular weight is 437 g/mol. The van der Waals surface area contributed by atoms with Crippen LogP contribution in [0.2, 0.25) is 0 Å². The van der Waals surface area contributed by atoms with Crippen LogP contribution in [-0.2, 0) is 9.84 Å². The van der Waals surface area contributed by atoms with Crippen LogP contribution in [0.1, 0.15) is 11.4 Å². The molecule has 0 unspecified atom stereocenters. The minimum Gasteiger partial charge on any atom is -0.337 e. The summed E-state index contributed by atoms with van der Waals surface area (Å²) in [5, 5.41) is 0. The first kappa shape index (κ1) is 20.1. The fourth-order valence-electron chi connectivity index (χ4n) is 3.10. The lowest BCUT2D eigenvalue weighted by Gasteiger charge is -2.04. The molecular formula is C23H17FN2O2S2. The molecular weight excluding hydrogens is 419 g/mol. The number of nitrogens with zero attached hydrogens (tertiary/aromatic N) is 1. The molecule has 0 saturated heterocycles. The molecule has 7 heteroatoms. The summed E-state index contributed by atoms with van der Waals surface area (Å²) in [4.78, 5) is 8.75. The Balaban J connectivity index is 1.84. The molecule has 4 nitrogen and oxygen atoms in total. The molecule has 3 aromatic carbocycles. The zero-order valence-electron chi connectivity index (χ0n) is 16.0. The van der Waals surface area contributed by atoms with Gasteiger partial charge in [-0.1, -0.05) is 54.7 Å². The summed E-state index contributed by atoms with van der Waals surface area (Å²) in [6, 6.07) is 22.1. The van der Waals surface area contributed by atoms with Gasteiger partial charge in [-0.25, -0.2) is 17.8 Å². The predicted molar refractivity (Wildman–Crippen MR) is 120 cm³/mol. The molecule has 1 N–H and O–H groups in total. The number of rotatable bonds is 5. The second-order valence-corrected chi connectivity index (χ2v) is 9.23. The molecule has 30 heavy (non-hydrogen) atoms. The number of imidazole rings is 1. The van der Waals surface area contributed by atoms with Gasteiger partial charge in [0.05, 0.1) is 21.1 Å². The van der Waals surface area contributed by atoms with E-state index in [2.05, 4.69) is 4.98 Å². The fraction of sp³-hybridized carbons (Fsp3) is 0.0435. The molecule has 150 valence electrons. The van der Waals surface area contributed by atoms with Gasteiger partial charge < -0.3 is 4.98 Å². The van der Waals surface area contributed by atoms with Crippen LogP contribution in [0.15, 0.2) is 83.8 Å². The number of H-pyrrole nitrogens is 1. The van der Waals surface area contributed by atoms with E-state index in [0.717, 1.165) is 22.9 Å². The van der Waals surface area contributed by atoms with Crippen molar-refractivity contribution in [1.29, 1.82) is 0 Å². The van der Waals surface area contributed by atoms with E-state index in [1.165, 1.54) is 12.1 Å². The van der Waals surface area contributed by atoms with Crippen molar-refractivity contribution in [2.24, 2.45) is 0 Å². The number of sulfone groups is 1. The first-order valence-corrected chi connectivity index (χ1v) is 11.4. The highest BCUT2D eigenvalue weighted by Crippen LogP contribution is 2.31. The van der Waals surface area contributed by atoms with Gasteiger partial charge in [-0.3, -0.25) is 0 Å². The molecule has 1 aromatic heterocycles. The van der Waals surface area contributed by atoms with E-state index < -0.39 is 9.84 Å². The lowest BCUT2D eigenvalue weighted by Crippen LogP contribution is -2.01. The van der Waals surface area contributed by atoms with E-state index in [4.69, 9.17) is 17.2 Å². The Morgan fingerprint density at radius 2 is 1.50 bits per heavy atom. The Morgan fingerprint density at radius 3 is 2.10 bits per heavy atom. The van der Waals surface area contributed by atoms with E-state index in [1.54, 1.807) is 36.4 Å². The van der Waals surface area contributed by atoms with E-state index in [1.807, 2.05) is 30.3 Å². The van der Waals surface area contributed by atoms with Crippen LogP contribution in [-0.4, -0.2) is 29.5 Å². The van der Waals surface area contributed by atoms with Crippen molar-refractivity contribution in [3.8, 4) is 22.5 Å². The molecule has 0 aliphatic rings. The molecule has 0 atom stereocenters. The topological polar surface area (TPSA) is 62.8 Å². The highest BCUT2D eigenvalue weighted by atomic mass is 32.2. The van der Waals surface area contributed by atoms with Gasteiger partial charge in [0.1, 0.15) is 11.6 Å². The summed E-state index contributed by atoms with van der Waals surface area (Å²) in [6.07, 6.45) is 1.16. The van der Waals surface area contributed by atoms with Gasteiger partial charge in [-0.2, -0.15) is 0 Å². The monoisotopic (exact) mass is 436 g/mol. The summed E-state index contributed by atoms with van der Waals surface area (Å²) in [7, 11) is -3.30. The zero-order chi connectivity index (χ0) is 21.3. The van der Waals surface area contributed by atoms with E-state index >= 15 is 0 Å². The highest BCUT2D eigenvalue weighted by molar-refractivity contribution is 7.90. The maximum absolute atomic E-state index is 13.4. The maximum Gasteiger partial charge on any atom is 0.175 e. The molecule has 4 aromatic rings. The van der Waals surface area contributed by atoms with Gasteiger partial charge in [0.25, 0.3) is 0 Å². The van der Waals surface area contributed by atoms with Crippen LogP contribution in [0.3, 0.4) is 0 Å². The molecule has 0 bridgehead atoms. The Hall–Kier alpha value is -3.16. The van der Waals surface area contributed by atoms with Crippen molar-refractivity contribution in [3.63, 3.8) is 0 Å².